The molecule has 0 amide bonds. The summed E-state index contributed by atoms with van der Waals surface area (Å²) in [7, 11) is 0. The molecule has 1 aromatic heterocycles. The lowest BCUT2D eigenvalue weighted by atomic mass is 10.1. The highest BCUT2D eigenvalue weighted by molar-refractivity contribution is 7.11. The van der Waals surface area contributed by atoms with Gasteiger partial charge >= 0.3 is 0 Å². The summed E-state index contributed by atoms with van der Waals surface area (Å²) in [6.45, 7) is 16.8. The first-order chi connectivity index (χ1) is 8.94. The van der Waals surface area contributed by atoms with Crippen LogP contribution in [0.5, 0.6) is 0 Å². The van der Waals surface area contributed by atoms with Crippen LogP contribution in [0.4, 0.5) is 0 Å². The van der Waals surface area contributed by atoms with Crippen molar-refractivity contribution in [2.24, 2.45) is 0 Å². The molecule has 3 heteroatoms. The van der Waals surface area contributed by atoms with Crippen LogP contribution in [0.15, 0.2) is 24.8 Å². The predicted octanol–water partition coefficient (Wildman–Crippen LogP) is 4.03. The van der Waals surface area contributed by atoms with Crippen LogP contribution >= 0.6 is 11.3 Å². The van der Waals surface area contributed by atoms with Crippen molar-refractivity contribution in [3.05, 3.63) is 34.5 Å². The minimum Gasteiger partial charge on any atom is -0.307 e. The second-order valence-corrected chi connectivity index (χ2v) is 7.25. The van der Waals surface area contributed by atoms with Crippen molar-refractivity contribution in [3.63, 3.8) is 0 Å². The molecule has 0 saturated carbocycles. The summed E-state index contributed by atoms with van der Waals surface area (Å²) < 4.78 is 0. The molecule has 1 heterocycles. The van der Waals surface area contributed by atoms with Crippen molar-refractivity contribution in [1.29, 1.82) is 0 Å². The van der Waals surface area contributed by atoms with Crippen LogP contribution in [0.2, 0.25) is 0 Å². The molecule has 0 atom stereocenters. The molecule has 19 heavy (non-hydrogen) atoms. The van der Waals surface area contributed by atoms with Gasteiger partial charge in [-0.25, -0.2) is 0 Å². The Hall–Kier alpha value is -0.640. The van der Waals surface area contributed by atoms with E-state index >= 15 is 0 Å². The van der Waals surface area contributed by atoms with E-state index in [4.69, 9.17) is 0 Å². The SMILES string of the molecule is C=CCN(CCC)Cc1ccc(CNC(C)(C)C)s1. The van der Waals surface area contributed by atoms with Crippen LogP contribution < -0.4 is 5.32 Å². The lowest BCUT2D eigenvalue weighted by Crippen LogP contribution is -2.34. The zero-order valence-electron chi connectivity index (χ0n) is 12.8. The highest BCUT2D eigenvalue weighted by atomic mass is 32.1. The maximum atomic E-state index is 3.84. The van der Waals surface area contributed by atoms with Crippen LogP contribution in [-0.4, -0.2) is 23.5 Å². The molecular formula is C16H28N2S. The average Bonchev–Trinajstić information content (AvgIpc) is 2.74. The summed E-state index contributed by atoms with van der Waals surface area (Å²) in [6, 6.07) is 4.51. The third-order valence-corrected chi connectivity index (χ3v) is 3.89. The van der Waals surface area contributed by atoms with Crippen LogP contribution in [0.3, 0.4) is 0 Å². The number of thiophene rings is 1. The molecule has 2 nitrogen and oxygen atoms in total. The lowest BCUT2D eigenvalue weighted by Gasteiger charge is -2.20. The molecule has 0 aliphatic carbocycles. The molecule has 0 aliphatic rings. The van der Waals surface area contributed by atoms with Crippen molar-refractivity contribution in [2.45, 2.75) is 52.7 Å². The molecule has 0 bridgehead atoms. The van der Waals surface area contributed by atoms with Gasteiger partial charge in [-0.05, 0) is 45.9 Å². The number of hydrogen-bond donors (Lipinski definition) is 1. The standard InChI is InChI=1S/C16H28N2S/c1-6-10-18(11-7-2)13-15-9-8-14(19-15)12-17-16(3,4)5/h6,8-9,17H,1,7,10-13H2,2-5H3. The van der Waals surface area contributed by atoms with Crippen molar-refractivity contribution < 1.29 is 0 Å². The molecule has 0 fully saturated rings. The minimum atomic E-state index is 0.182. The normalized spacial score (nSPS) is 12.1. The zero-order valence-corrected chi connectivity index (χ0v) is 13.6. The second-order valence-electron chi connectivity index (χ2n) is 6.00. The molecule has 0 aromatic carbocycles. The Kier molecular flexibility index (Phi) is 6.76. The van der Waals surface area contributed by atoms with Gasteiger partial charge < -0.3 is 5.32 Å². The highest BCUT2D eigenvalue weighted by Gasteiger charge is 2.10. The molecule has 0 spiro atoms. The Morgan fingerprint density at radius 2 is 2.00 bits per heavy atom. The van der Waals surface area contributed by atoms with Gasteiger partial charge in [-0.2, -0.15) is 0 Å². The number of nitrogens with one attached hydrogen (secondary N) is 1. The van der Waals surface area contributed by atoms with Crippen LogP contribution in [0, 0.1) is 0 Å². The van der Waals surface area contributed by atoms with Gasteiger partial charge in [-0.3, -0.25) is 4.90 Å². The molecule has 108 valence electrons. The maximum Gasteiger partial charge on any atom is 0.0331 e. The quantitative estimate of drug-likeness (QED) is 0.723. The molecule has 0 saturated heterocycles. The van der Waals surface area contributed by atoms with Gasteiger partial charge in [0.2, 0.25) is 0 Å². The third kappa shape index (κ3) is 6.90. The Labute approximate surface area is 122 Å². The largest absolute Gasteiger partial charge is 0.307 e. The Morgan fingerprint density at radius 1 is 1.32 bits per heavy atom. The molecular weight excluding hydrogens is 252 g/mol. The predicted molar refractivity (Wildman–Crippen MR) is 86.7 cm³/mol. The first-order valence-corrected chi connectivity index (χ1v) is 7.92. The number of rotatable bonds is 8. The van der Waals surface area contributed by atoms with Gasteiger partial charge in [-0.15, -0.1) is 17.9 Å². The second kappa shape index (κ2) is 7.83. The van der Waals surface area contributed by atoms with Gasteiger partial charge in [0.25, 0.3) is 0 Å². The molecule has 0 aliphatic heterocycles. The first-order valence-electron chi connectivity index (χ1n) is 7.10. The minimum absolute atomic E-state index is 0.182. The highest BCUT2D eigenvalue weighted by Crippen LogP contribution is 2.19. The summed E-state index contributed by atoms with van der Waals surface area (Å²) >= 11 is 1.92. The monoisotopic (exact) mass is 280 g/mol. The lowest BCUT2D eigenvalue weighted by molar-refractivity contribution is 0.298. The van der Waals surface area contributed by atoms with E-state index in [9.17, 15) is 0 Å². The van der Waals surface area contributed by atoms with Gasteiger partial charge in [0.15, 0.2) is 0 Å². The third-order valence-electron chi connectivity index (χ3n) is 2.82. The van der Waals surface area contributed by atoms with E-state index in [2.05, 4.69) is 56.6 Å². The van der Waals surface area contributed by atoms with Gasteiger partial charge in [0.1, 0.15) is 0 Å². The van der Waals surface area contributed by atoms with Gasteiger partial charge in [0.05, 0.1) is 0 Å². The Bertz CT molecular complexity index is 376. The van der Waals surface area contributed by atoms with E-state index in [1.807, 2.05) is 17.4 Å². The summed E-state index contributed by atoms with van der Waals surface area (Å²) in [5.74, 6) is 0. The van der Waals surface area contributed by atoms with E-state index in [0.29, 0.717) is 0 Å². The van der Waals surface area contributed by atoms with E-state index < -0.39 is 0 Å². The zero-order chi connectivity index (χ0) is 14.3. The van der Waals surface area contributed by atoms with E-state index in [0.717, 1.165) is 26.2 Å². The fourth-order valence-corrected chi connectivity index (χ4v) is 2.91. The summed E-state index contributed by atoms with van der Waals surface area (Å²) in [4.78, 5) is 5.31. The molecule has 1 rings (SSSR count). The first kappa shape index (κ1) is 16.4. The van der Waals surface area contributed by atoms with Crippen molar-refractivity contribution >= 4 is 11.3 Å². The van der Waals surface area contributed by atoms with Crippen LogP contribution in [0.25, 0.3) is 0 Å². The van der Waals surface area contributed by atoms with Crippen molar-refractivity contribution in [2.75, 3.05) is 13.1 Å². The summed E-state index contributed by atoms with van der Waals surface area (Å²) in [5.41, 5.74) is 0.182. The van der Waals surface area contributed by atoms with Crippen molar-refractivity contribution in [3.8, 4) is 0 Å². The fraction of sp³-hybridized carbons (Fsp3) is 0.625. The Morgan fingerprint density at radius 3 is 2.58 bits per heavy atom. The molecule has 1 aromatic rings. The summed E-state index contributed by atoms with van der Waals surface area (Å²) in [5, 5.41) is 3.54. The molecule has 1 N–H and O–H groups in total. The van der Waals surface area contributed by atoms with Gasteiger partial charge in [-0.1, -0.05) is 13.0 Å². The fourth-order valence-electron chi connectivity index (χ4n) is 1.91. The van der Waals surface area contributed by atoms with Crippen LogP contribution in [0.1, 0.15) is 43.9 Å². The molecule has 0 radical (unpaired) electrons. The average molecular weight is 280 g/mol. The summed E-state index contributed by atoms with van der Waals surface area (Å²) in [6.07, 6.45) is 3.18. The van der Waals surface area contributed by atoms with Crippen molar-refractivity contribution in [1.82, 2.24) is 10.2 Å². The van der Waals surface area contributed by atoms with Gasteiger partial charge in [0, 0.05) is 34.9 Å². The number of hydrogen-bond acceptors (Lipinski definition) is 3. The smallest absolute Gasteiger partial charge is 0.0331 e. The molecule has 0 unspecified atom stereocenters. The van der Waals surface area contributed by atoms with E-state index in [1.54, 1.807) is 0 Å². The number of nitrogens with zero attached hydrogens (tertiary/aromatic N) is 1. The van der Waals surface area contributed by atoms with Crippen LogP contribution in [-0.2, 0) is 13.1 Å². The van der Waals surface area contributed by atoms with E-state index in [-0.39, 0.29) is 5.54 Å². The van der Waals surface area contributed by atoms with E-state index in [1.165, 1.54) is 16.2 Å². The topological polar surface area (TPSA) is 15.3 Å². The Balaban J connectivity index is 2.51. The maximum absolute atomic E-state index is 3.84.